The Morgan fingerprint density at radius 1 is 1.35 bits per heavy atom. The number of aromatic nitrogens is 2. The van der Waals surface area contributed by atoms with Crippen molar-refractivity contribution in [2.45, 2.75) is 26.3 Å². The Bertz CT molecular complexity index is 698. The molecule has 1 N–H and O–H groups in total. The third kappa shape index (κ3) is 4.33. The Hall–Kier alpha value is -2.81. The van der Waals surface area contributed by atoms with Crippen LogP contribution < -0.4 is 10.1 Å². The van der Waals surface area contributed by atoms with E-state index in [1.165, 1.54) is 0 Å². The van der Waals surface area contributed by atoms with Crippen molar-refractivity contribution >= 4 is 5.91 Å². The summed E-state index contributed by atoms with van der Waals surface area (Å²) in [7, 11) is 1.61. The summed E-state index contributed by atoms with van der Waals surface area (Å²) in [5.74, 6) is 0.741. The fourth-order valence-electron chi connectivity index (χ4n) is 2.17. The Morgan fingerprint density at radius 3 is 2.61 bits per heavy atom. The highest BCUT2D eigenvalue weighted by atomic mass is 16.5. The minimum Gasteiger partial charge on any atom is -0.497 e. The number of rotatable bonds is 6. The second-order valence-electron chi connectivity index (χ2n) is 5.63. The van der Waals surface area contributed by atoms with Crippen LogP contribution in [0, 0.1) is 17.2 Å². The predicted molar refractivity (Wildman–Crippen MR) is 86.4 cm³/mol. The van der Waals surface area contributed by atoms with E-state index in [2.05, 4.69) is 16.5 Å². The lowest BCUT2D eigenvalue weighted by Crippen LogP contribution is -2.35. The molecule has 6 heteroatoms. The van der Waals surface area contributed by atoms with Crippen molar-refractivity contribution in [3.05, 3.63) is 42.2 Å². The molecule has 1 amide bonds. The molecule has 0 bridgehead atoms. The van der Waals surface area contributed by atoms with E-state index in [0.717, 1.165) is 11.4 Å². The number of carbonyl (C=O) groups is 1. The van der Waals surface area contributed by atoms with E-state index in [-0.39, 0.29) is 11.6 Å². The molecule has 0 aliphatic rings. The maximum atomic E-state index is 12.2. The Labute approximate surface area is 135 Å². The van der Waals surface area contributed by atoms with Gasteiger partial charge in [-0.2, -0.15) is 10.4 Å². The molecule has 2 aromatic rings. The Kier molecular flexibility index (Phi) is 5.36. The van der Waals surface area contributed by atoms with E-state index < -0.39 is 6.04 Å². The van der Waals surface area contributed by atoms with Gasteiger partial charge in [0.05, 0.1) is 18.9 Å². The molecule has 0 unspecified atom stereocenters. The van der Waals surface area contributed by atoms with E-state index in [4.69, 9.17) is 10.00 Å². The number of ether oxygens (including phenoxy) is 1. The second kappa shape index (κ2) is 7.45. The number of amides is 1. The summed E-state index contributed by atoms with van der Waals surface area (Å²) < 4.78 is 6.72. The standard InChI is InChI=1S/C17H20N4O2/c1-12(2)10-13(11-18)19-17(22)16-8-9-21(20-16)14-4-6-15(23-3)7-5-14/h4-9,12-13H,10H2,1-3H3,(H,19,22)/t13-/m1/s1. The largest absolute Gasteiger partial charge is 0.497 e. The number of benzene rings is 1. The lowest BCUT2D eigenvalue weighted by molar-refractivity contribution is 0.0936. The molecule has 1 heterocycles. The van der Waals surface area contributed by atoms with Crippen molar-refractivity contribution < 1.29 is 9.53 Å². The van der Waals surface area contributed by atoms with Crippen LogP contribution in [0.1, 0.15) is 30.8 Å². The fraction of sp³-hybridized carbons (Fsp3) is 0.353. The number of hydrogen-bond acceptors (Lipinski definition) is 4. The summed E-state index contributed by atoms with van der Waals surface area (Å²) in [4.78, 5) is 12.2. The fourth-order valence-corrected chi connectivity index (χ4v) is 2.17. The third-order valence-corrected chi connectivity index (χ3v) is 3.33. The lowest BCUT2D eigenvalue weighted by atomic mass is 10.0. The Balaban J connectivity index is 2.08. The van der Waals surface area contributed by atoms with Gasteiger partial charge in [0.2, 0.25) is 0 Å². The Morgan fingerprint density at radius 2 is 2.04 bits per heavy atom. The maximum Gasteiger partial charge on any atom is 0.272 e. The molecule has 2 rings (SSSR count). The minimum absolute atomic E-state index is 0.282. The van der Waals surface area contributed by atoms with Crippen molar-refractivity contribution in [3.63, 3.8) is 0 Å². The van der Waals surface area contributed by atoms with Crippen molar-refractivity contribution in [2.75, 3.05) is 7.11 Å². The second-order valence-corrected chi connectivity index (χ2v) is 5.63. The van der Waals surface area contributed by atoms with Crippen LogP contribution in [0.4, 0.5) is 0 Å². The first kappa shape index (κ1) is 16.6. The molecule has 120 valence electrons. The molecule has 0 spiro atoms. The molecule has 0 saturated carbocycles. The van der Waals surface area contributed by atoms with Gasteiger partial charge >= 0.3 is 0 Å². The van der Waals surface area contributed by atoms with E-state index >= 15 is 0 Å². The summed E-state index contributed by atoms with van der Waals surface area (Å²) in [6.45, 7) is 4.02. The van der Waals surface area contributed by atoms with Gasteiger partial charge in [0.25, 0.3) is 5.91 Å². The monoisotopic (exact) mass is 312 g/mol. The van der Waals surface area contributed by atoms with Gasteiger partial charge in [-0.05, 0) is 42.7 Å². The summed E-state index contributed by atoms with van der Waals surface area (Å²) in [6, 6.07) is 10.6. The first-order valence-corrected chi connectivity index (χ1v) is 7.44. The van der Waals surface area contributed by atoms with Crippen LogP contribution >= 0.6 is 0 Å². The van der Waals surface area contributed by atoms with Crippen LogP contribution in [0.2, 0.25) is 0 Å². The number of nitrogens with zero attached hydrogens (tertiary/aromatic N) is 3. The van der Waals surface area contributed by atoms with E-state index in [1.54, 1.807) is 24.1 Å². The van der Waals surface area contributed by atoms with Gasteiger partial charge in [-0.1, -0.05) is 13.8 Å². The van der Waals surface area contributed by atoms with Crippen molar-refractivity contribution in [1.82, 2.24) is 15.1 Å². The van der Waals surface area contributed by atoms with Crippen LogP contribution in [-0.2, 0) is 0 Å². The van der Waals surface area contributed by atoms with Gasteiger partial charge in [0.15, 0.2) is 5.69 Å². The van der Waals surface area contributed by atoms with Crippen molar-refractivity contribution in [2.24, 2.45) is 5.92 Å². The highest BCUT2D eigenvalue weighted by Crippen LogP contribution is 2.14. The molecule has 1 aromatic heterocycles. The average molecular weight is 312 g/mol. The molecule has 0 saturated heterocycles. The number of methoxy groups -OCH3 is 1. The van der Waals surface area contributed by atoms with Crippen LogP contribution in [0.5, 0.6) is 5.75 Å². The molecule has 23 heavy (non-hydrogen) atoms. The number of carbonyl (C=O) groups excluding carboxylic acids is 1. The molecule has 0 fully saturated rings. The molecule has 6 nitrogen and oxygen atoms in total. The van der Waals surface area contributed by atoms with Gasteiger partial charge in [0, 0.05) is 6.20 Å². The molecule has 0 radical (unpaired) electrons. The predicted octanol–water partition coefficient (Wildman–Crippen LogP) is 2.55. The zero-order valence-electron chi connectivity index (χ0n) is 13.5. The summed E-state index contributed by atoms with van der Waals surface area (Å²) in [5.41, 5.74) is 1.11. The normalized spacial score (nSPS) is 11.8. The third-order valence-electron chi connectivity index (χ3n) is 3.33. The van der Waals surface area contributed by atoms with Crippen molar-refractivity contribution in [3.8, 4) is 17.5 Å². The van der Waals surface area contributed by atoms with Gasteiger partial charge in [-0.25, -0.2) is 4.68 Å². The van der Waals surface area contributed by atoms with Gasteiger partial charge in [-0.15, -0.1) is 0 Å². The maximum absolute atomic E-state index is 12.2. The molecule has 0 aliphatic heterocycles. The minimum atomic E-state index is -0.506. The van der Waals surface area contributed by atoms with Gasteiger partial charge < -0.3 is 10.1 Å². The van der Waals surface area contributed by atoms with E-state index in [1.807, 2.05) is 38.1 Å². The van der Waals surface area contributed by atoms with Crippen molar-refractivity contribution in [1.29, 1.82) is 5.26 Å². The highest BCUT2D eigenvalue weighted by molar-refractivity contribution is 5.92. The topological polar surface area (TPSA) is 79.9 Å². The number of nitriles is 1. The van der Waals surface area contributed by atoms with E-state index in [0.29, 0.717) is 12.3 Å². The van der Waals surface area contributed by atoms with Crippen LogP contribution in [0.3, 0.4) is 0 Å². The van der Waals surface area contributed by atoms with Gasteiger partial charge in [-0.3, -0.25) is 4.79 Å². The molecule has 1 atom stereocenters. The first-order chi connectivity index (χ1) is 11.0. The number of nitrogens with one attached hydrogen (secondary N) is 1. The molecular formula is C17H20N4O2. The SMILES string of the molecule is COc1ccc(-n2ccc(C(=O)N[C@@H](C#N)CC(C)C)n2)cc1. The summed E-state index contributed by atoms with van der Waals surface area (Å²) in [6.07, 6.45) is 2.32. The van der Waals surface area contributed by atoms with E-state index in [9.17, 15) is 4.79 Å². The van der Waals surface area contributed by atoms with Gasteiger partial charge in [0.1, 0.15) is 11.8 Å². The summed E-state index contributed by atoms with van der Waals surface area (Å²) >= 11 is 0. The molecule has 0 aliphatic carbocycles. The smallest absolute Gasteiger partial charge is 0.272 e. The first-order valence-electron chi connectivity index (χ1n) is 7.44. The quantitative estimate of drug-likeness (QED) is 0.889. The average Bonchev–Trinajstić information content (AvgIpc) is 3.04. The molecular weight excluding hydrogens is 292 g/mol. The van der Waals surface area contributed by atoms with Crippen LogP contribution in [0.15, 0.2) is 36.5 Å². The van der Waals surface area contributed by atoms with Crippen LogP contribution in [0.25, 0.3) is 5.69 Å². The molecule has 1 aromatic carbocycles. The zero-order chi connectivity index (χ0) is 16.8. The number of hydrogen-bond donors (Lipinski definition) is 1. The summed E-state index contributed by atoms with van der Waals surface area (Å²) in [5, 5.41) is 16.1. The zero-order valence-corrected chi connectivity index (χ0v) is 13.5. The van der Waals surface area contributed by atoms with Crippen LogP contribution in [-0.4, -0.2) is 28.8 Å². The lowest BCUT2D eigenvalue weighted by Gasteiger charge is -2.12. The highest BCUT2D eigenvalue weighted by Gasteiger charge is 2.16.